The fourth-order valence-corrected chi connectivity index (χ4v) is 9.67. The van der Waals surface area contributed by atoms with Crippen molar-refractivity contribution in [2.24, 2.45) is 0 Å². The molecule has 66 heavy (non-hydrogen) atoms. The minimum atomic E-state index is -4.85. The first-order valence-electron chi connectivity index (χ1n) is 19.6. The number of nitrogen functional groups attached to an aromatic ring is 2. The van der Waals surface area contributed by atoms with Crippen LogP contribution in [0, 0.1) is 35.3 Å². The van der Waals surface area contributed by atoms with Crippen molar-refractivity contribution in [2.45, 2.75) is 73.1 Å². The Bertz CT molecular complexity index is 2570. The molecule has 2 aliphatic heterocycles. The van der Waals surface area contributed by atoms with Crippen LogP contribution in [-0.2, 0) is 31.2 Å². The van der Waals surface area contributed by atoms with Gasteiger partial charge < -0.3 is 31.5 Å². The van der Waals surface area contributed by atoms with E-state index < -0.39 is 79.0 Å². The quantitative estimate of drug-likeness (QED) is 0.137. The fourth-order valence-electron chi connectivity index (χ4n) is 6.88. The van der Waals surface area contributed by atoms with E-state index >= 15 is 0 Å². The van der Waals surface area contributed by atoms with Crippen LogP contribution >= 0.6 is 0 Å². The lowest BCUT2D eigenvalue weighted by Crippen LogP contribution is -2.54. The maximum atomic E-state index is 13.8. The number of aliphatic hydroxyl groups is 2. The van der Waals surface area contributed by atoms with Gasteiger partial charge in [0.1, 0.15) is 21.9 Å². The second kappa shape index (κ2) is 19.2. The number of piperazine rings is 2. The van der Waals surface area contributed by atoms with Gasteiger partial charge in [-0.15, -0.1) is 11.8 Å². The van der Waals surface area contributed by atoms with Crippen LogP contribution in [0.2, 0.25) is 0 Å². The standard InChI is InChI=1S/2C21H22F4N4O3S/c2*1-3-4-16-13-28(33(31,32)17-11-18(22)19(26)27-12-17)9-10-29(16)15-7-5-14(6-8-15)20(2,30)21(23,24)25/h2*5-8,11-12,16,30H,9-10,13H2,1-2H3,(H2,26,27)/t2*16-,20?/m10/s1. The average Bonchev–Trinajstić information content (AvgIpc) is 3.25. The summed E-state index contributed by atoms with van der Waals surface area (Å²) in [5, 5.41) is 19.7. The van der Waals surface area contributed by atoms with Gasteiger partial charge >= 0.3 is 12.4 Å². The van der Waals surface area contributed by atoms with Crippen molar-refractivity contribution in [1.82, 2.24) is 18.6 Å². The molecule has 2 saturated heterocycles. The first kappa shape index (κ1) is 51.2. The van der Waals surface area contributed by atoms with Gasteiger partial charge in [0.2, 0.25) is 20.0 Å². The molecule has 4 aromatic rings. The zero-order chi connectivity index (χ0) is 49.2. The van der Waals surface area contributed by atoms with Gasteiger partial charge in [-0.05, 0) is 75.2 Å². The highest BCUT2D eigenvalue weighted by Crippen LogP contribution is 2.40. The number of rotatable bonds is 8. The van der Waals surface area contributed by atoms with E-state index in [4.69, 9.17) is 11.5 Å². The summed E-state index contributed by atoms with van der Waals surface area (Å²) in [6.45, 7) is 4.79. The van der Waals surface area contributed by atoms with Crippen LogP contribution in [0.3, 0.4) is 0 Å². The molecule has 0 bridgehead atoms. The molecule has 0 amide bonds. The van der Waals surface area contributed by atoms with Crippen LogP contribution in [0.25, 0.3) is 0 Å². The van der Waals surface area contributed by atoms with Gasteiger partial charge in [0, 0.05) is 63.0 Å². The summed E-state index contributed by atoms with van der Waals surface area (Å²) in [6, 6.07) is 10.7. The average molecular weight is 973 g/mol. The zero-order valence-electron chi connectivity index (χ0n) is 35.5. The number of benzene rings is 2. The number of nitrogens with two attached hydrogens (primary N) is 2. The van der Waals surface area contributed by atoms with E-state index in [-0.39, 0.29) is 60.2 Å². The molecule has 0 spiro atoms. The summed E-state index contributed by atoms with van der Waals surface area (Å²) in [5.74, 6) is 8.54. The smallest absolute Gasteiger partial charge is 0.381 e. The molecular formula is C42H44F8N8O6S2. The maximum absolute atomic E-state index is 13.8. The highest BCUT2D eigenvalue weighted by molar-refractivity contribution is 7.89. The first-order chi connectivity index (χ1) is 30.6. The fraction of sp³-hybridized carbons (Fsp3) is 0.381. The lowest BCUT2D eigenvalue weighted by Gasteiger charge is -2.40. The van der Waals surface area contributed by atoms with Crippen molar-refractivity contribution in [1.29, 1.82) is 0 Å². The second-order valence-corrected chi connectivity index (χ2v) is 19.1. The molecule has 356 valence electrons. The number of anilines is 4. The highest BCUT2D eigenvalue weighted by atomic mass is 32.2. The summed E-state index contributed by atoms with van der Waals surface area (Å²) < 4.78 is 160. The predicted molar refractivity (Wildman–Crippen MR) is 228 cm³/mol. The van der Waals surface area contributed by atoms with Crippen LogP contribution in [0.15, 0.2) is 82.8 Å². The largest absolute Gasteiger partial charge is 0.421 e. The van der Waals surface area contributed by atoms with Crippen molar-refractivity contribution < 1.29 is 62.2 Å². The Hall–Kier alpha value is -5.76. The Balaban J connectivity index is 0.000000247. The summed E-state index contributed by atoms with van der Waals surface area (Å²) in [4.78, 5) is 9.96. The summed E-state index contributed by atoms with van der Waals surface area (Å²) in [5.41, 5.74) is 5.00. The van der Waals surface area contributed by atoms with Crippen molar-refractivity contribution in [3.63, 3.8) is 0 Å². The van der Waals surface area contributed by atoms with E-state index in [0.717, 1.165) is 33.1 Å². The van der Waals surface area contributed by atoms with Gasteiger partial charge in [0.05, 0.1) is 0 Å². The van der Waals surface area contributed by atoms with Crippen LogP contribution in [-0.4, -0.2) is 109 Å². The molecule has 0 saturated carbocycles. The summed E-state index contributed by atoms with van der Waals surface area (Å²) in [6.07, 6.45) is -7.74. The van der Waals surface area contributed by atoms with Gasteiger partial charge in [-0.2, -0.15) is 35.0 Å². The molecule has 2 unspecified atom stereocenters. The van der Waals surface area contributed by atoms with Crippen molar-refractivity contribution >= 4 is 43.1 Å². The number of hydrogen-bond donors (Lipinski definition) is 4. The van der Waals surface area contributed by atoms with Gasteiger partial charge in [-0.25, -0.2) is 35.6 Å². The lowest BCUT2D eigenvalue weighted by molar-refractivity contribution is -0.259. The number of nitrogens with zero attached hydrogens (tertiary/aromatic N) is 6. The highest BCUT2D eigenvalue weighted by Gasteiger charge is 2.52. The van der Waals surface area contributed by atoms with Crippen LogP contribution < -0.4 is 21.3 Å². The third-order valence-electron chi connectivity index (χ3n) is 10.9. The molecule has 2 aliphatic rings. The topological polar surface area (TPSA) is 200 Å². The first-order valence-corrected chi connectivity index (χ1v) is 22.4. The number of pyridine rings is 2. The Labute approximate surface area is 375 Å². The second-order valence-electron chi connectivity index (χ2n) is 15.2. The predicted octanol–water partition coefficient (Wildman–Crippen LogP) is 4.95. The molecule has 14 nitrogen and oxygen atoms in total. The van der Waals surface area contributed by atoms with Crippen LogP contribution in [0.5, 0.6) is 0 Å². The molecule has 4 atom stereocenters. The van der Waals surface area contributed by atoms with Gasteiger partial charge in [0.25, 0.3) is 0 Å². The maximum Gasteiger partial charge on any atom is 0.421 e. The molecule has 0 radical (unpaired) electrons. The van der Waals surface area contributed by atoms with Gasteiger partial charge in [-0.1, -0.05) is 36.1 Å². The molecule has 4 heterocycles. The van der Waals surface area contributed by atoms with E-state index in [1.54, 1.807) is 23.6 Å². The third kappa shape index (κ3) is 10.6. The van der Waals surface area contributed by atoms with Crippen LogP contribution in [0.1, 0.15) is 38.8 Å². The van der Waals surface area contributed by atoms with Crippen LogP contribution in [0.4, 0.5) is 58.1 Å². The minimum absolute atomic E-state index is 0.0260. The number of alkyl halides is 6. The molecule has 24 heteroatoms. The SMILES string of the molecule is CC#C[C@@H]1CN(S(=O)(=O)c2cnc(N)c(F)c2)CCN1c1ccc(C(C)(O)C(F)(F)F)cc1.CC#C[C@H]1CN(S(=O)(=O)c2cnc(N)c(F)c2)CCN1c1ccc(C(C)(O)C(F)(F)F)cc1. The Kier molecular flexibility index (Phi) is 14.9. The number of sulfonamides is 2. The molecule has 6 N–H and O–H groups in total. The number of aromatic nitrogens is 2. The third-order valence-corrected chi connectivity index (χ3v) is 14.6. The van der Waals surface area contributed by atoms with E-state index in [2.05, 4.69) is 33.6 Å². The monoisotopic (exact) mass is 972 g/mol. The zero-order valence-corrected chi connectivity index (χ0v) is 37.2. The molecule has 2 fully saturated rings. The lowest BCUT2D eigenvalue weighted by atomic mass is 9.95. The van der Waals surface area contributed by atoms with E-state index in [1.807, 2.05) is 0 Å². The number of hydrogen-bond acceptors (Lipinski definition) is 12. The Morgan fingerprint density at radius 1 is 0.606 bits per heavy atom. The number of halogens is 8. The van der Waals surface area contributed by atoms with E-state index in [9.17, 15) is 62.2 Å². The summed E-state index contributed by atoms with van der Waals surface area (Å²) >= 11 is 0. The Morgan fingerprint density at radius 3 is 1.20 bits per heavy atom. The molecular weight excluding hydrogens is 929 g/mol. The van der Waals surface area contributed by atoms with E-state index in [0.29, 0.717) is 25.2 Å². The summed E-state index contributed by atoms with van der Waals surface area (Å²) in [7, 11) is -8.16. The Morgan fingerprint density at radius 2 is 0.924 bits per heavy atom. The minimum Gasteiger partial charge on any atom is -0.381 e. The molecule has 2 aromatic carbocycles. The van der Waals surface area contributed by atoms with Crippen molar-refractivity contribution in [3.8, 4) is 23.7 Å². The van der Waals surface area contributed by atoms with Gasteiger partial charge in [0.15, 0.2) is 34.5 Å². The van der Waals surface area contributed by atoms with Crippen molar-refractivity contribution in [3.05, 3.63) is 95.8 Å². The molecule has 2 aromatic heterocycles. The van der Waals surface area contributed by atoms with Crippen molar-refractivity contribution in [2.75, 3.05) is 60.5 Å². The van der Waals surface area contributed by atoms with Gasteiger partial charge in [-0.3, -0.25) is 0 Å². The normalized spacial score (nSPS) is 19.5. The molecule has 0 aliphatic carbocycles. The van der Waals surface area contributed by atoms with E-state index in [1.165, 1.54) is 48.5 Å². The molecule has 6 rings (SSSR count).